The van der Waals surface area contributed by atoms with Crippen molar-refractivity contribution in [1.82, 2.24) is 19.8 Å². The molecular weight excluding hydrogens is 312 g/mol. The van der Waals surface area contributed by atoms with Crippen molar-refractivity contribution in [3.8, 4) is 0 Å². The van der Waals surface area contributed by atoms with Gasteiger partial charge in [0.05, 0.1) is 17.1 Å². The summed E-state index contributed by atoms with van der Waals surface area (Å²) in [6, 6.07) is 8.76. The summed E-state index contributed by atoms with van der Waals surface area (Å²) in [6.07, 6.45) is 4.25. The standard InChI is InChI=1S/C20H28N4O/c1-14(2)24-18-10-4-3-8-16(18)22-19(24)15-7-6-12-23(13-15)20(25)17-9-5-11-21-17/h3-4,8,10,14-15,17,21H,5-7,9,11-13H2,1-2H3/t15?,17-/m0/s1. The van der Waals surface area contributed by atoms with Crippen LogP contribution in [0.5, 0.6) is 0 Å². The highest BCUT2D eigenvalue weighted by Gasteiger charge is 2.33. The monoisotopic (exact) mass is 340 g/mol. The summed E-state index contributed by atoms with van der Waals surface area (Å²) in [5, 5.41) is 3.35. The van der Waals surface area contributed by atoms with Gasteiger partial charge in [-0.1, -0.05) is 12.1 Å². The first-order valence-corrected chi connectivity index (χ1v) is 9.64. The molecule has 5 heteroatoms. The Balaban J connectivity index is 1.62. The van der Waals surface area contributed by atoms with Gasteiger partial charge in [-0.05, 0) is 58.2 Å². The summed E-state index contributed by atoms with van der Waals surface area (Å²) in [6.45, 7) is 7.08. The maximum Gasteiger partial charge on any atom is 0.239 e. The minimum absolute atomic E-state index is 0.0302. The van der Waals surface area contributed by atoms with E-state index in [4.69, 9.17) is 4.98 Å². The summed E-state index contributed by atoms with van der Waals surface area (Å²) < 4.78 is 2.36. The van der Waals surface area contributed by atoms with Crippen molar-refractivity contribution in [2.75, 3.05) is 19.6 Å². The highest BCUT2D eigenvalue weighted by Crippen LogP contribution is 2.32. The number of imidazole rings is 1. The number of hydrogen-bond donors (Lipinski definition) is 1. The molecule has 1 unspecified atom stereocenters. The third-order valence-corrected chi connectivity index (χ3v) is 5.60. The molecule has 2 atom stereocenters. The van der Waals surface area contributed by atoms with E-state index in [1.54, 1.807) is 0 Å². The number of nitrogens with one attached hydrogen (secondary N) is 1. The van der Waals surface area contributed by atoms with Crippen molar-refractivity contribution in [1.29, 1.82) is 0 Å². The normalized spacial score (nSPS) is 24.4. The molecule has 3 heterocycles. The second kappa shape index (κ2) is 6.79. The van der Waals surface area contributed by atoms with Crippen LogP contribution in [0.15, 0.2) is 24.3 Å². The number of amides is 1. The number of nitrogens with zero attached hydrogens (tertiary/aromatic N) is 3. The summed E-state index contributed by atoms with van der Waals surface area (Å²) in [5.41, 5.74) is 2.26. The lowest BCUT2D eigenvalue weighted by atomic mass is 9.96. The quantitative estimate of drug-likeness (QED) is 0.934. The molecule has 0 aliphatic carbocycles. The van der Waals surface area contributed by atoms with Crippen LogP contribution in [-0.2, 0) is 4.79 Å². The summed E-state index contributed by atoms with van der Waals surface area (Å²) in [5.74, 6) is 1.76. The van der Waals surface area contributed by atoms with Gasteiger partial charge in [-0.15, -0.1) is 0 Å². The van der Waals surface area contributed by atoms with Crippen LogP contribution in [0.3, 0.4) is 0 Å². The van der Waals surface area contributed by atoms with Crippen molar-refractivity contribution >= 4 is 16.9 Å². The first-order chi connectivity index (χ1) is 12.1. The Morgan fingerprint density at radius 1 is 1.24 bits per heavy atom. The predicted molar refractivity (Wildman–Crippen MR) is 99.7 cm³/mol. The number of para-hydroxylation sites is 2. The number of carbonyl (C=O) groups is 1. The van der Waals surface area contributed by atoms with E-state index in [9.17, 15) is 4.79 Å². The smallest absolute Gasteiger partial charge is 0.239 e. The number of rotatable bonds is 3. The van der Waals surface area contributed by atoms with Crippen LogP contribution in [0.2, 0.25) is 0 Å². The largest absolute Gasteiger partial charge is 0.341 e. The molecule has 4 rings (SSSR count). The Morgan fingerprint density at radius 2 is 2.08 bits per heavy atom. The molecule has 2 aliphatic rings. The lowest BCUT2D eigenvalue weighted by molar-refractivity contribution is -0.134. The molecule has 0 spiro atoms. The Labute approximate surface area is 149 Å². The van der Waals surface area contributed by atoms with Gasteiger partial charge in [0.1, 0.15) is 5.82 Å². The minimum atomic E-state index is 0.0302. The van der Waals surface area contributed by atoms with Crippen LogP contribution >= 0.6 is 0 Å². The van der Waals surface area contributed by atoms with E-state index in [0.29, 0.717) is 12.0 Å². The molecule has 2 aliphatic heterocycles. The lowest BCUT2D eigenvalue weighted by Gasteiger charge is -2.34. The number of piperidine rings is 1. The summed E-state index contributed by atoms with van der Waals surface area (Å²) in [7, 11) is 0. The zero-order valence-corrected chi connectivity index (χ0v) is 15.2. The molecule has 1 aromatic carbocycles. The van der Waals surface area contributed by atoms with Gasteiger partial charge in [-0.2, -0.15) is 0 Å². The first kappa shape index (κ1) is 16.6. The fourth-order valence-corrected chi connectivity index (χ4v) is 4.40. The Morgan fingerprint density at radius 3 is 2.84 bits per heavy atom. The van der Waals surface area contributed by atoms with Gasteiger partial charge in [0.2, 0.25) is 5.91 Å². The van der Waals surface area contributed by atoms with E-state index < -0.39 is 0 Å². The highest BCUT2D eigenvalue weighted by molar-refractivity contribution is 5.82. The van der Waals surface area contributed by atoms with E-state index >= 15 is 0 Å². The van der Waals surface area contributed by atoms with Crippen LogP contribution in [0.25, 0.3) is 11.0 Å². The van der Waals surface area contributed by atoms with Gasteiger partial charge in [-0.25, -0.2) is 4.98 Å². The molecule has 1 aromatic heterocycles. The van der Waals surface area contributed by atoms with Gasteiger partial charge in [0.15, 0.2) is 0 Å². The number of aromatic nitrogens is 2. The van der Waals surface area contributed by atoms with Crippen LogP contribution in [-0.4, -0.2) is 46.0 Å². The minimum Gasteiger partial charge on any atom is -0.341 e. The van der Waals surface area contributed by atoms with Crippen LogP contribution < -0.4 is 5.32 Å². The van der Waals surface area contributed by atoms with Crippen LogP contribution in [0.1, 0.15) is 57.3 Å². The molecule has 0 saturated carbocycles. The third kappa shape index (κ3) is 3.06. The fraction of sp³-hybridized carbons (Fsp3) is 0.600. The van der Waals surface area contributed by atoms with E-state index in [1.165, 1.54) is 5.52 Å². The second-order valence-electron chi connectivity index (χ2n) is 7.69. The molecule has 2 fully saturated rings. The topological polar surface area (TPSA) is 50.2 Å². The molecule has 0 radical (unpaired) electrons. The molecule has 0 bridgehead atoms. The lowest BCUT2D eigenvalue weighted by Crippen LogP contribution is -2.47. The van der Waals surface area contributed by atoms with Gasteiger partial charge >= 0.3 is 0 Å². The fourth-order valence-electron chi connectivity index (χ4n) is 4.40. The van der Waals surface area contributed by atoms with E-state index in [-0.39, 0.29) is 11.9 Å². The Bertz CT molecular complexity index is 760. The van der Waals surface area contributed by atoms with E-state index in [2.05, 4.69) is 46.8 Å². The maximum atomic E-state index is 12.8. The van der Waals surface area contributed by atoms with Gasteiger partial charge in [-0.3, -0.25) is 4.79 Å². The summed E-state index contributed by atoms with van der Waals surface area (Å²) >= 11 is 0. The highest BCUT2D eigenvalue weighted by atomic mass is 16.2. The molecule has 5 nitrogen and oxygen atoms in total. The molecule has 2 saturated heterocycles. The number of likely N-dealkylation sites (tertiary alicyclic amines) is 1. The van der Waals surface area contributed by atoms with Crippen molar-refractivity contribution < 1.29 is 4.79 Å². The number of hydrogen-bond acceptors (Lipinski definition) is 3. The Hall–Kier alpha value is -1.88. The molecule has 1 N–H and O–H groups in total. The average Bonchev–Trinajstić information content (AvgIpc) is 3.28. The van der Waals surface area contributed by atoms with E-state index in [1.807, 2.05) is 6.07 Å². The molecule has 1 amide bonds. The van der Waals surface area contributed by atoms with Crippen LogP contribution in [0.4, 0.5) is 0 Å². The van der Waals surface area contributed by atoms with Crippen molar-refractivity contribution in [3.05, 3.63) is 30.1 Å². The van der Waals surface area contributed by atoms with Crippen molar-refractivity contribution in [2.24, 2.45) is 0 Å². The summed E-state index contributed by atoms with van der Waals surface area (Å²) in [4.78, 5) is 19.8. The zero-order valence-electron chi connectivity index (χ0n) is 15.2. The predicted octanol–water partition coefficient (Wildman–Crippen LogP) is 3.08. The third-order valence-electron chi connectivity index (χ3n) is 5.60. The molecule has 25 heavy (non-hydrogen) atoms. The number of fused-ring (bicyclic) bond motifs is 1. The SMILES string of the molecule is CC(C)n1c(C2CCCN(C(=O)[C@@H]3CCCN3)C2)nc2ccccc21. The zero-order chi connectivity index (χ0) is 17.4. The van der Waals surface area contributed by atoms with Gasteiger partial charge in [0.25, 0.3) is 0 Å². The van der Waals surface area contributed by atoms with Gasteiger partial charge < -0.3 is 14.8 Å². The first-order valence-electron chi connectivity index (χ1n) is 9.64. The molecule has 2 aromatic rings. The van der Waals surface area contributed by atoms with Gasteiger partial charge in [0, 0.05) is 25.0 Å². The van der Waals surface area contributed by atoms with E-state index in [0.717, 1.165) is 56.7 Å². The molecule has 134 valence electrons. The van der Waals surface area contributed by atoms with Crippen LogP contribution in [0, 0.1) is 0 Å². The number of carbonyl (C=O) groups excluding carboxylic acids is 1. The number of benzene rings is 1. The molecular formula is C20H28N4O. The van der Waals surface area contributed by atoms with Crippen molar-refractivity contribution in [3.63, 3.8) is 0 Å². The Kier molecular flexibility index (Phi) is 4.50. The second-order valence-corrected chi connectivity index (χ2v) is 7.69. The van der Waals surface area contributed by atoms with Crippen molar-refractivity contribution in [2.45, 2.75) is 57.5 Å². The average molecular weight is 340 g/mol. The maximum absolute atomic E-state index is 12.8.